The molecule has 0 saturated heterocycles. The minimum atomic E-state index is 0.585. The Bertz CT molecular complexity index is 179. The van der Waals surface area contributed by atoms with Crippen LogP contribution in [0.4, 0.5) is 0 Å². The van der Waals surface area contributed by atoms with Crippen molar-refractivity contribution >= 4 is 0 Å². The van der Waals surface area contributed by atoms with Gasteiger partial charge in [-0.1, -0.05) is 13.8 Å². The summed E-state index contributed by atoms with van der Waals surface area (Å²) in [5.74, 6) is 0. The maximum absolute atomic E-state index is 5.15. The van der Waals surface area contributed by atoms with E-state index in [4.69, 9.17) is 4.74 Å². The van der Waals surface area contributed by atoms with Gasteiger partial charge in [-0.25, -0.2) is 0 Å². The van der Waals surface area contributed by atoms with E-state index in [1.54, 1.807) is 7.11 Å². The average molecular weight is 228 g/mol. The first-order chi connectivity index (χ1) is 7.68. The van der Waals surface area contributed by atoms with E-state index in [0.29, 0.717) is 11.5 Å². The van der Waals surface area contributed by atoms with E-state index in [1.807, 2.05) is 0 Å². The van der Waals surface area contributed by atoms with Crippen LogP contribution in [-0.4, -0.2) is 39.4 Å². The molecular formula is C13H28N2O. The van der Waals surface area contributed by atoms with Crippen LogP contribution in [0, 0.1) is 5.41 Å². The molecule has 0 aromatic heterocycles. The van der Waals surface area contributed by atoms with Gasteiger partial charge in [0.1, 0.15) is 0 Å². The highest BCUT2D eigenvalue weighted by Gasteiger charge is 2.41. The van der Waals surface area contributed by atoms with Gasteiger partial charge in [0.05, 0.1) is 0 Å². The van der Waals surface area contributed by atoms with Crippen molar-refractivity contribution in [2.24, 2.45) is 5.41 Å². The quantitative estimate of drug-likeness (QED) is 0.559. The fraction of sp³-hybridized carbons (Fsp3) is 1.00. The molecule has 0 radical (unpaired) electrons. The third-order valence-corrected chi connectivity index (χ3v) is 3.38. The summed E-state index contributed by atoms with van der Waals surface area (Å²) in [6.45, 7) is 8.73. The van der Waals surface area contributed by atoms with E-state index in [0.717, 1.165) is 19.7 Å². The smallest absolute Gasteiger partial charge is 0.0468 e. The molecule has 3 nitrogen and oxygen atoms in total. The second-order valence-electron chi connectivity index (χ2n) is 5.38. The molecule has 3 heteroatoms. The van der Waals surface area contributed by atoms with Gasteiger partial charge in [-0.15, -0.1) is 0 Å². The van der Waals surface area contributed by atoms with E-state index < -0.39 is 0 Å². The number of hydrogen-bond donors (Lipinski definition) is 2. The highest BCUT2D eigenvalue weighted by molar-refractivity contribution is 4.94. The first-order valence-corrected chi connectivity index (χ1v) is 6.62. The van der Waals surface area contributed by atoms with Gasteiger partial charge in [-0.3, -0.25) is 0 Å². The molecule has 96 valence electrons. The number of nitrogens with one attached hydrogen (secondary N) is 2. The number of methoxy groups -OCH3 is 1. The summed E-state index contributed by atoms with van der Waals surface area (Å²) in [6.07, 6.45) is 5.21. The molecule has 0 atom stereocenters. The zero-order chi connectivity index (χ0) is 11.9. The van der Waals surface area contributed by atoms with Crippen molar-refractivity contribution in [3.8, 4) is 0 Å². The lowest BCUT2D eigenvalue weighted by atomic mass is 10.0. The molecule has 1 aliphatic rings. The maximum atomic E-state index is 5.15. The molecule has 0 amide bonds. The Morgan fingerprint density at radius 2 is 2.00 bits per heavy atom. The largest absolute Gasteiger partial charge is 0.385 e. The predicted molar refractivity (Wildman–Crippen MR) is 68.8 cm³/mol. The molecule has 16 heavy (non-hydrogen) atoms. The highest BCUT2D eigenvalue weighted by atomic mass is 16.5. The Morgan fingerprint density at radius 3 is 2.56 bits per heavy atom. The number of ether oxygens (including phenoxy) is 1. The van der Waals surface area contributed by atoms with Gasteiger partial charge in [0.2, 0.25) is 0 Å². The first kappa shape index (κ1) is 13.9. The summed E-state index contributed by atoms with van der Waals surface area (Å²) in [5, 5.41) is 7.01. The maximum Gasteiger partial charge on any atom is 0.0468 e. The van der Waals surface area contributed by atoms with Crippen LogP contribution in [0.5, 0.6) is 0 Å². The molecule has 0 bridgehead atoms. The molecule has 2 N–H and O–H groups in total. The predicted octanol–water partition coefficient (Wildman–Crippen LogP) is 1.78. The van der Waals surface area contributed by atoms with Gasteiger partial charge in [-0.05, 0) is 44.2 Å². The monoisotopic (exact) mass is 228 g/mol. The van der Waals surface area contributed by atoms with Crippen LogP contribution in [0.1, 0.15) is 39.5 Å². The molecule has 1 rings (SSSR count). The molecule has 1 aliphatic carbocycles. The van der Waals surface area contributed by atoms with E-state index in [2.05, 4.69) is 24.5 Å². The normalized spacial score (nSPS) is 18.0. The summed E-state index contributed by atoms with van der Waals surface area (Å²) in [4.78, 5) is 0. The minimum Gasteiger partial charge on any atom is -0.385 e. The fourth-order valence-electron chi connectivity index (χ4n) is 1.97. The lowest BCUT2D eigenvalue weighted by Crippen LogP contribution is -2.30. The molecule has 1 saturated carbocycles. The number of hydrogen-bond acceptors (Lipinski definition) is 3. The molecule has 0 heterocycles. The minimum absolute atomic E-state index is 0.585. The van der Waals surface area contributed by atoms with E-state index >= 15 is 0 Å². The Labute approximate surface area is 100 Å². The van der Waals surface area contributed by atoms with E-state index in [-0.39, 0.29) is 0 Å². The highest BCUT2D eigenvalue weighted by Crippen LogP contribution is 2.48. The van der Waals surface area contributed by atoms with Gasteiger partial charge < -0.3 is 15.4 Å². The summed E-state index contributed by atoms with van der Waals surface area (Å²) in [7, 11) is 1.79. The Morgan fingerprint density at radius 1 is 1.25 bits per heavy atom. The van der Waals surface area contributed by atoms with Crippen molar-refractivity contribution in [1.29, 1.82) is 0 Å². The molecule has 1 fully saturated rings. The summed E-state index contributed by atoms with van der Waals surface area (Å²) in [5.41, 5.74) is 0.585. The first-order valence-electron chi connectivity index (χ1n) is 6.62. The van der Waals surface area contributed by atoms with Crippen molar-refractivity contribution < 1.29 is 4.74 Å². The topological polar surface area (TPSA) is 33.3 Å². The standard InChI is InChI=1S/C13H28N2O/c1-12(2)15-9-4-8-14-11-13(5-6-13)7-10-16-3/h12,14-15H,4-11H2,1-3H3. The molecular weight excluding hydrogens is 200 g/mol. The summed E-state index contributed by atoms with van der Waals surface area (Å²) < 4.78 is 5.15. The van der Waals surface area contributed by atoms with Gasteiger partial charge >= 0.3 is 0 Å². The second-order valence-corrected chi connectivity index (χ2v) is 5.38. The van der Waals surface area contributed by atoms with Crippen molar-refractivity contribution in [3.05, 3.63) is 0 Å². The van der Waals surface area contributed by atoms with Crippen molar-refractivity contribution in [2.45, 2.75) is 45.6 Å². The summed E-state index contributed by atoms with van der Waals surface area (Å²) >= 11 is 0. The van der Waals surface area contributed by atoms with Crippen LogP contribution in [0.25, 0.3) is 0 Å². The van der Waals surface area contributed by atoms with Crippen molar-refractivity contribution in [3.63, 3.8) is 0 Å². The Kier molecular flexibility index (Phi) is 6.32. The zero-order valence-electron chi connectivity index (χ0n) is 11.1. The van der Waals surface area contributed by atoms with Gasteiger partial charge in [0.25, 0.3) is 0 Å². The fourth-order valence-corrected chi connectivity index (χ4v) is 1.97. The zero-order valence-corrected chi connectivity index (χ0v) is 11.1. The van der Waals surface area contributed by atoms with Crippen LogP contribution in [0.3, 0.4) is 0 Å². The van der Waals surface area contributed by atoms with Crippen LogP contribution in [0.2, 0.25) is 0 Å². The van der Waals surface area contributed by atoms with Crippen LogP contribution >= 0.6 is 0 Å². The third kappa shape index (κ3) is 5.83. The Hall–Kier alpha value is -0.120. The molecule has 0 aromatic carbocycles. The van der Waals surface area contributed by atoms with E-state index in [1.165, 1.54) is 32.2 Å². The lowest BCUT2D eigenvalue weighted by Gasteiger charge is -2.15. The second kappa shape index (κ2) is 7.25. The van der Waals surface area contributed by atoms with Gasteiger partial charge in [0.15, 0.2) is 0 Å². The number of rotatable bonds is 10. The molecule has 0 aromatic rings. The van der Waals surface area contributed by atoms with Crippen LogP contribution in [-0.2, 0) is 4.74 Å². The SMILES string of the molecule is COCCC1(CNCCCNC(C)C)CC1. The third-order valence-electron chi connectivity index (χ3n) is 3.38. The van der Waals surface area contributed by atoms with Crippen molar-refractivity contribution in [2.75, 3.05) is 33.4 Å². The molecule has 0 aliphatic heterocycles. The van der Waals surface area contributed by atoms with Crippen LogP contribution in [0.15, 0.2) is 0 Å². The molecule has 0 spiro atoms. The molecule has 0 unspecified atom stereocenters. The Balaban J connectivity index is 1.91. The van der Waals surface area contributed by atoms with Gasteiger partial charge in [0, 0.05) is 26.3 Å². The van der Waals surface area contributed by atoms with Crippen molar-refractivity contribution in [1.82, 2.24) is 10.6 Å². The lowest BCUT2D eigenvalue weighted by molar-refractivity contribution is 0.171. The average Bonchev–Trinajstić information content (AvgIpc) is 3.01. The van der Waals surface area contributed by atoms with E-state index in [9.17, 15) is 0 Å². The van der Waals surface area contributed by atoms with Gasteiger partial charge in [-0.2, -0.15) is 0 Å². The van der Waals surface area contributed by atoms with Crippen LogP contribution < -0.4 is 10.6 Å². The summed E-state index contributed by atoms with van der Waals surface area (Å²) in [6, 6.07) is 0.608.